The first-order chi connectivity index (χ1) is 10.3. The van der Waals surface area contributed by atoms with E-state index < -0.39 is 0 Å². The molecule has 0 N–H and O–H groups in total. The minimum absolute atomic E-state index is 0.536. The van der Waals surface area contributed by atoms with Crippen molar-refractivity contribution >= 4 is 22.9 Å². The molecule has 6 heteroatoms. The van der Waals surface area contributed by atoms with Gasteiger partial charge in [0.2, 0.25) is 0 Å². The normalized spacial score (nSPS) is 22.6. The number of nitrogens with zero attached hydrogens (tertiary/aromatic N) is 4. The van der Waals surface area contributed by atoms with Crippen LogP contribution < -0.4 is 0 Å². The van der Waals surface area contributed by atoms with Gasteiger partial charge < -0.3 is 4.57 Å². The average Bonchev–Trinajstić information content (AvgIpc) is 3.16. The Morgan fingerprint density at radius 1 is 1.29 bits per heavy atom. The quantitative estimate of drug-likeness (QED) is 0.869. The second-order valence-corrected chi connectivity index (χ2v) is 7.47. The molecule has 0 spiro atoms. The van der Waals surface area contributed by atoms with Crippen molar-refractivity contribution in [1.29, 1.82) is 0 Å². The molecule has 0 saturated carbocycles. The fraction of sp³-hybridized carbons (Fsp3) is 0.600. The van der Waals surface area contributed by atoms with Gasteiger partial charge >= 0.3 is 0 Å². The van der Waals surface area contributed by atoms with E-state index >= 15 is 0 Å². The lowest BCUT2D eigenvalue weighted by molar-refractivity contribution is 0.196. The maximum Gasteiger partial charge on any atom is 0.137 e. The minimum atomic E-state index is 0.536. The van der Waals surface area contributed by atoms with Gasteiger partial charge in [0, 0.05) is 42.2 Å². The second kappa shape index (κ2) is 5.71. The van der Waals surface area contributed by atoms with E-state index in [1.54, 1.807) is 11.3 Å². The molecule has 2 aromatic heterocycles. The first kappa shape index (κ1) is 13.7. The molecule has 4 heterocycles. The number of fused-ring (bicyclic) bond motifs is 1. The van der Waals surface area contributed by atoms with E-state index in [-0.39, 0.29) is 0 Å². The van der Waals surface area contributed by atoms with Crippen molar-refractivity contribution in [2.75, 3.05) is 13.1 Å². The number of aryl methyl sites for hydroxylation is 1. The lowest BCUT2D eigenvalue weighted by Crippen LogP contribution is -2.34. The molecule has 0 bridgehead atoms. The van der Waals surface area contributed by atoms with Crippen molar-refractivity contribution in [2.24, 2.45) is 0 Å². The Morgan fingerprint density at radius 2 is 2.24 bits per heavy atom. The molecule has 4 rings (SSSR count). The van der Waals surface area contributed by atoms with Crippen LogP contribution in [0.3, 0.4) is 0 Å². The van der Waals surface area contributed by atoms with Crippen LogP contribution in [-0.4, -0.2) is 32.8 Å². The van der Waals surface area contributed by atoms with E-state index in [0.29, 0.717) is 5.92 Å². The van der Waals surface area contributed by atoms with Crippen LogP contribution in [0.25, 0.3) is 0 Å². The standard InChI is InChI=1S/C15H19ClN4S/c16-12-7-13(21-10-12)9-19-5-1-3-11(8-19)15-18-17-14-4-2-6-20(14)15/h7,10-11H,1-6,8-9H2/t11-/m1/s1. The lowest BCUT2D eigenvalue weighted by Gasteiger charge is -2.31. The van der Waals surface area contributed by atoms with Gasteiger partial charge in [-0.05, 0) is 31.9 Å². The molecule has 0 aromatic carbocycles. The monoisotopic (exact) mass is 322 g/mol. The molecule has 2 aliphatic rings. The van der Waals surface area contributed by atoms with Crippen LogP contribution in [0.2, 0.25) is 5.02 Å². The molecule has 1 saturated heterocycles. The number of likely N-dealkylation sites (tertiary alicyclic amines) is 1. The van der Waals surface area contributed by atoms with Crippen LogP contribution in [0.5, 0.6) is 0 Å². The number of piperidine rings is 1. The predicted octanol–water partition coefficient (Wildman–Crippen LogP) is 3.32. The maximum absolute atomic E-state index is 6.02. The van der Waals surface area contributed by atoms with Gasteiger partial charge in [-0.1, -0.05) is 11.6 Å². The summed E-state index contributed by atoms with van der Waals surface area (Å²) in [7, 11) is 0. The highest BCUT2D eigenvalue weighted by atomic mass is 35.5. The molecule has 0 aliphatic carbocycles. The zero-order valence-corrected chi connectivity index (χ0v) is 13.5. The zero-order chi connectivity index (χ0) is 14.2. The van der Waals surface area contributed by atoms with Crippen molar-refractivity contribution in [1.82, 2.24) is 19.7 Å². The summed E-state index contributed by atoms with van der Waals surface area (Å²) in [6.45, 7) is 4.38. The Morgan fingerprint density at radius 3 is 3.10 bits per heavy atom. The van der Waals surface area contributed by atoms with Crippen LogP contribution in [0.1, 0.15) is 41.7 Å². The van der Waals surface area contributed by atoms with Crippen molar-refractivity contribution in [3.63, 3.8) is 0 Å². The second-order valence-electron chi connectivity index (χ2n) is 6.04. The first-order valence-electron chi connectivity index (χ1n) is 7.67. The van der Waals surface area contributed by atoms with Crippen LogP contribution >= 0.6 is 22.9 Å². The summed E-state index contributed by atoms with van der Waals surface area (Å²) in [5.41, 5.74) is 0. The summed E-state index contributed by atoms with van der Waals surface area (Å²) in [4.78, 5) is 3.89. The van der Waals surface area contributed by atoms with Gasteiger partial charge in [-0.2, -0.15) is 0 Å². The highest BCUT2D eigenvalue weighted by molar-refractivity contribution is 7.10. The summed E-state index contributed by atoms with van der Waals surface area (Å²) in [6.07, 6.45) is 4.80. The Kier molecular flexibility index (Phi) is 3.73. The van der Waals surface area contributed by atoms with Gasteiger partial charge in [0.05, 0.1) is 5.02 Å². The molecule has 0 radical (unpaired) electrons. The third-order valence-corrected chi connectivity index (χ3v) is 5.78. The van der Waals surface area contributed by atoms with E-state index in [1.807, 2.05) is 5.38 Å². The highest BCUT2D eigenvalue weighted by Gasteiger charge is 2.28. The first-order valence-corrected chi connectivity index (χ1v) is 8.92. The van der Waals surface area contributed by atoms with Gasteiger partial charge in [0.25, 0.3) is 0 Å². The smallest absolute Gasteiger partial charge is 0.137 e. The number of hydrogen-bond acceptors (Lipinski definition) is 4. The van der Waals surface area contributed by atoms with E-state index in [9.17, 15) is 0 Å². The summed E-state index contributed by atoms with van der Waals surface area (Å²) in [6, 6.07) is 2.09. The van der Waals surface area contributed by atoms with Gasteiger partial charge in [0.15, 0.2) is 0 Å². The molecule has 2 aliphatic heterocycles. The number of halogens is 1. The third kappa shape index (κ3) is 2.74. The van der Waals surface area contributed by atoms with Gasteiger partial charge in [-0.15, -0.1) is 21.5 Å². The van der Waals surface area contributed by atoms with E-state index in [4.69, 9.17) is 11.6 Å². The Labute approximate surface area is 133 Å². The van der Waals surface area contributed by atoms with Crippen LogP contribution in [0, 0.1) is 0 Å². The molecule has 2 aromatic rings. The van der Waals surface area contributed by atoms with Crippen molar-refractivity contribution in [3.8, 4) is 0 Å². The van der Waals surface area contributed by atoms with Crippen molar-refractivity contribution in [2.45, 2.75) is 44.7 Å². The Hall–Kier alpha value is -0.910. The lowest BCUT2D eigenvalue weighted by atomic mass is 9.97. The number of rotatable bonds is 3. The summed E-state index contributed by atoms with van der Waals surface area (Å²) >= 11 is 7.78. The highest BCUT2D eigenvalue weighted by Crippen LogP contribution is 2.30. The SMILES string of the molecule is Clc1csc(CN2CCC[C@@H](c3nnc4n3CCC4)C2)c1. The van der Waals surface area contributed by atoms with Gasteiger partial charge in [0.1, 0.15) is 11.6 Å². The topological polar surface area (TPSA) is 34.0 Å². The molecular formula is C15H19ClN4S. The van der Waals surface area contributed by atoms with E-state index in [0.717, 1.165) is 31.1 Å². The Bertz CT molecular complexity index is 635. The molecule has 0 amide bonds. The van der Waals surface area contributed by atoms with Crippen LogP contribution in [0.15, 0.2) is 11.4 Å². The molecule has 1 atom stereocenters. The number of aromatic nitrogens is 3. The van der Waals surface area contributed by atoms with Crippen LogP contribution in [0.4, 0.5) is 0 Å². The molecule has 0 unspecified atom stereocenters. The molecule has 21 heavy (non-hydrogen) atoms. The summed E-state index contributed by atoms with van der Waals surface area (Å²) in [5.74, 6) is 2.94. The largest absolute Gasteiger partial charge is 0.315 e. The minimum Gasteiger partial charge on any atom is -0.315 e. The molecule has 1 fully saturated rings. The summed E-state index contributed by atoms with van der Waals surface area (Å²) < 4.78 is 2.36. The van der Waals surface area contributed by atoms with Crippen LogP contribution in [-0.2, 0) is 19.5 Å². The van der Waals surface area contributed by atoms with E-state index in [2.05, 4.69) is 25.7 Å². The molecule has 4 nitrogen and oxygen atoms in total. The fourth-order valence-corrected chi connectivity index (χ4v) is 4.66. The molecule has 112 valence electrons. The van der Waals surface area contributed by atoms with Crippen molar-refractivity contribution < 1.29 is 0 Å². The number of hydrogen-bond donors (Lipinski definition) is 0. The summed E-state index contributed by atoms with van der Waals surface area (Å²) in [5, 5.41) is 11.7. The van der Waals surface area contributed by atoms with Gasteiger partial charge in [-0.25, -0.2) is 0 Å². The van der Waals surface area contributed by atoms with Gasteiger partial charge in [-0.3, -0.25) is 4.90 Å². The molecular weight excluding hydrogens is 304 g/mol. The van der Waals surface area contributed by atoms with Crippen molar-refractivity contribution in [3.05, 3.63) is 33.0 Å². The van der Waals surface area contributed by atoms with E-state index in [1.165, 1.54) is 42.3 Å². The Balaban J connectivity index is 1.47. The fourth-order valence-electron chi connectivity index (χ4n) is 3.54. The predicted molar refractivity (Wildman–Crippen MR) is 84.9 cm³/mol. The zero-order valence-electron chi connectivity index (χ0n) is 12.0. The maximum atomic E-state index is 6.02. The number of thiophene rings is 1. The average molecular weight is 323 g/mol. The third-order valence-electron chi connectivity index (χ3n) is 4.51.